The van der Waals surface area contributed by atoms with Crippen molar-refractivity contribution in [3.05, 3.63) is 0 Å². The molecule has 0 aliphatic rings. The average molecular weight is 324 g/mol. The molecule has 0 aliphatic heterocycles. The van der Waals surface area contributed by atoms with E-state index in [4.69, 9.17) is 5.73 Å². The summed E-state index contributed by atoms with van der Waals surface area (Å²) in [4.78, 5) is 10.6. The van der Waals surface area contributed by atoms with Gasteiger partial charge in [0.2, 0.25) is 5.91 Å². The van der Waals surface area contributed by atoms with Crippen LogP contribution < -0.4 is 57.1 Å². The first-order valence-corrected chi connectivity index (χ1v) is 9.05. The van der Waals surface area contributed by atoms with Crippen molar-refractivity contribution in [2.75, 3.05) is 0 Å². The molecule has 3 heteroatoms. The Balaban J connectivity index is -0.00000180. The third-order valence-electron chi connectivity index (χ3n) is 4.03. The van der Waals surface area contributed by atoms with Gasteiger partial charge >= 0.3 is 51.4 Å². The fourth-order valence-corrected chi connectivity index (χ4v) is 2.67. The second kappa shape index (κ2) is 21.1. The van der Waals surface area contributed by atoms with Crippen LogP contribution in [0.4, 0.5) is 0 Å². The van der Waals surface area contributed by atoms with Gasteiger partial charge in [0.15, 0.2) is 0 Å². The van der Waals surface area contributed by atoms with Crippen molar-refractivity contribution in [3.63, 3.8) is 0 Å². The zero-order valence-electron chi connectivity index (χ0n) is 15.8. The van der Waals surface area contributed by atoms with Gasteiger partial charge in [0.25, 0.3) is 0 Å². The van der Waals surface area contributed by atoms with E-state index in [1.165, 1.54) is 89.9 Å². The number of amides is 1. The van der Waals surface area contributed by atoms with E-state index >= 15 is 0 Å². The predicted molar refractivity (Wildman–Crippen MR) is 89.9 cm³/mol. The van der Waals surface area contributed by atoms with Crippen LogP contribution in [0.1, 0.15) is 111 Å². The molecule has 0 fully saturated rings. The maximum absolute atomic E-state index is 10.6. The van der Waals surface area contributed by atoms with Crippen LogP contribution in [0.5, 0.6) is 0 Å². The number of hydrogen-bond acceptors (Lipinski definition) is 1. The number of primary amides is 1. The first-order chi connectivity index (χ1) is 9.77. The van der Waals surface area contributed by atoms with Crippen LogP contribution in [0.2, 0.25) is 0 Å². The van der Waals surface area contributed by atoms with Crippen LogP contribution in [0, 0.1) is 0 Å². The Kier molecular flexibility index (Phi) is 24.5. The first kappa shape index (κ1) is 24.4. The minimum atomic E-state index is -0.153. The number of hydrogen-bond donors (Lipinski definition) is 1. The molecular formula is C18H38KNO. The largest absolute Gasteiger partial charge is 1.00 e. The molecule has 0 spiro atoms. The molecule has 0 rings (SSSR count). The number of carbonyl (C=O) groups excluding carboxylic acids is 1. The van der Waals surface area contributed by atoms with E-state index in [1.807, 2.05) is 0 Å². The van der Waals surface area contributed by atoms with E-state index in [2.05, 4.69) is 6.92 Å². The number of rotatable bonds is 16. The maximum atomic E-state index is 10.6. The van der Waals surface area contributed by atoms with E-state index in [1.54, 1.807) is 0 Å². The fraction of sp³-hybridized carbons (Fsp3) is 0.944. The van der Waals surface area contributed by atoms with E-state index < -0.39 is 0 Å². The molecule has 2 N–H and O–H groups in total. The van der Waals surface area contributed by atoms with Crippen molar-refractivity contribution >= 4 is 5.91 Å². The zero-order chi connectivity index (χ0) is 14.9. The van der Waals surface area contributed by atoms with Gasteiger partial charge in [-0.15, -0.1) is 0 Å². The minimum Gasteiger partial charge on any atom is -1.00 e. The summed E-state index contributed by atoms with van der Waals surface area (Å²) >= 11 is 0. The van der Waals surface area contributed by atoms with Gasteiger partial charge in [-0.25, -0.2) is 0 Å². The van der Waals surface area contributed by atoms with Crippen LogP contribution in [-0.4, -0.2) is 5.91 Å². The van der Waals surface area contributed by atoms with E-state index in [0.29, 0.717) is 6.42 Å². The van der Waals surface area contributed by atoms with Crippen molar-refractivity contribution in [1.82, 2.24) is 0 Å². The number of carbonyl (C=O) groups is 1. The maximum Gasteiger partial charge on any atom is 1.00 e. The molecule has 0 radical (unpaired) electrons. The Morgan fingerprint density at radius 1 is 0.667 bits per heavy atom. The number of nitrogens with two attached hydrogens (primary N) is 1. The van der Waals surface area contributed by atoms with Gasteiger partial charge in [-0.2, -0.15) is 0 Å². The van der Waals surface area contributed by atoms with Gasteiger partial charge in [-0.3, -0.25) is 4.79 Å². The van der Waals surface area contributed by atoms with Gasteiger partial charge in [-0.1, -0.05) is 96.8 Å². The van der Waals surface area contributed by atoms with Gasteiger partial charge in [-0.05, 0) is 6.42 Å². The second-order valence-corrected chi connectivity index (χ2v) is 6.17. The molecule has 0 unspecified atom stereocenters. The van der Waals surface area contributed by atoms with Crippen LogP contribution in [0.25, 0.3) is 0 Å². The van der Waals surface area contributed by atoms with Gasteiger partial charge in [0.1, 0.15) is 0 Å². The second-order valence-electron chi connectivity index (χ2n) is 6.17. The van der Waals surface area contributed by atoms with Crippen molar-refractivity contribution in [1.29, 1.82) is 0 Å². The van der Waals surface area contributed by atoms with Crippen molar-refractivity contribution in [3.8, 4) is 0 Å². The summed E-state index contributed by atoms with van der Waals surface area (Å²) in [6, 6.07) is 0. The summed E-state index contributed by atoms with van der Waals surface area (Å²) in [6.45, 7) is 2.28. The summed E-state index contributed by atoms with van der Waals surface area (Å²) in [5, 5.41) is 0. The molecule has 0 aromatic heterocycles. The SMILES string of the molecule is CCCCCCCCCCCCCCCCCC(N)=O.[H-].[K+]. The van der Waals surface area contributed by atoms with E-state index in [9.17, 15) is 4.79 Å². The van der Waals surface area contributed by atoms with Crippen molar-refractivity contribution in [2.24, 2.45) is 5.73 Å². The molecule has 0 aliphatic carbocycles. The summed E-state index contributed by atoms with van der Waals surface area (Å²) in [5.41, 5.74) is 5.11. The Labute approximate surface area is 177 Å². The van der Waals surface area contributed by atoms with Crippen molar-refractivity contribution < 1.29 is 57.6 Å². The molecule has 0 saturated carbocycles. The van der Waals surface area contributed by atoms with Crippen LogP contribution in [-0.2, 0) is 4.79 Å². The van der Waals surface area contributed by atoms with Gasteiger partial charge < -0.3 is 7.16 Å². The molecule has 122 valence electrons. The van der Waals surface area contributed by atoms with Crippen LogP contribution >= 0.6 is 0 Å². The minimum absolute atomic E-state index is 0. The van der Waals surface area contributed by atoms with Crippen LogP contribution in [0.15, 0.2) is 0 Å². The summed E-state index contributed by atoms with van der Waals surface area (Å²) in [6.07, 6.45) is 20.9. The third-order valence-corrected chi connectivity index (χ3v) is 4.03. The monoisotopic (exact) mass is 323 g/mol. The Morgan fingerprint density at radius 3 is 1.24 bits per heavy atom. The van der Waals surface area contributed by atoms with Crippen LogP contribution in [0.3, 0.4) is 0 Å². The summed E-state index contributed by atoms with van der Waals surface area (Å²) in [7, 11) is 0. The topological polar surface area (TPSA) is 43.1 Å². The third kappa shape index (κ3) is 23.5. The first-order valence-electron chi connectivity index (χ1n) is 9.05. The zero-order valence-corrected chi connectivity index (χ0v) is 17.9. The molecule has 0 saturated heterocycles. The normalized spacial score (nSPS) is 10.3. The molecule has 0 atom stereocenters. The Bertz CT molecular complexity index is 215. The summed E-state index contributed by atoms with van der Waals surface area (Å²) in [5.74, 6) is -0.153. The molecule has 2 nitrogen and oxygen atoms in total. The van der Waals surface area contributed by atoms with E-state index in [0.717, 1.165) is 6.42 Å². The van der Waals surface area contributed by atoms with Crippen molar-refractivity contribution in [2.45, 2.75) is 110 Å². The molecule has 0 bridgehead atoms. The molecule has 21 heavy (non-hydrogen) atoms. The van der Waals surface area contributed by atoms with E-state index in [-0.39, 0.29) is 58.7 Å². The molecular weight excluding hydrogens is 285 g/mol. The molecule has 0 aromatic rings. The smallest absolute Gasteiger partial charge is 1.00 e. The Morgan fingerprint density at radius 2 is 0.952 bits per heavy atom. The fourth-order valence-electron chi connectivity index (χ4n) is 2.67. The molecule has 0 heterocycles. The Hall–Kier alpha value is 1.11. The van der Waals surface area contributed by atoms with Gasteiger partial charge in [0, 0.05) is 6.42 Å². The number of unbranched alkanes of at least 4 members (excludes halogenated alkanes) is 14. The summed E-state index contributed by atoms with van der Waals surface area (Å²) < 4.78 is 0. The standard InChI is InChI=1S/C18H37NO.K.H/c1-2-3-4-5-6-7-8-9-10-11-12-13-14-15-16-17-18(19)20;;/h2-17H2,1H3,(H2,19,20);;/q;+1;-1. The van der Waals surface area contributed by atoms with Gasteiger partial charge in [0.05, 0.1) is 0 Å². The molecule has 1 amide bonds. The predicted octanol–water partition coefficient (Wildman–Crippen LogP) is 2.85. The molecule has 0 aromatic carbocycles. The average Bonchev–Trinajstić information content (AvgIpc) is 2.43. The quantitative estimate of drug-likeness (QED) is 0.344.